The van der Waals surface area contributed by atoms with Crippen molar-refractivity contribution in [2.24, 2.45) is 5.92 Å². The Kier molecular flexibility index (Phi) is 3.24. The summed E-state index contributed by atoms with van der Waals surface area (Å²) in [6, 6.07) is 5.63. The monoisotopic (exact) mass is 276 g/mol. The Morgan fingerprint density at radius 2 is 2.42 bits per heavy atom. The summed E-state index contributed by atoms with van der Waals surface area (Å²) in [4.78, 5) is 18.5. The van der Waals surface area contributed by atoms with E-state index in [4.69, 9.17) is 0 Å². The standard InChI is InChI=1S/C14H16N2O2S/c1-9(17)11-4-5-16(7-11)14(18)10-2-3-12-13(6-10)19-8-15-12/h2-3,6,8-9,11,17H,4-5,7H2,1H3. The van der Waals surface area contributed by atoms with E-state index >= 15 is 0 Å². The van der Waals surface area contributed by atoms with Crippen LogP contribution in [0.15, 0.2) is 23.7 Å². The Labute approximate surface area is 115 Å². The number of rotatable bonds is 2. The highest BCUT2D eigenvalue weighted by molar-refractivity contribution is 7.16. The Bertz CT molecular complexity index is 608. The first-order valence-corrected chi connectivity index (χ1v) is 7.33. The lowest BCUT2D eigenvalue weighted by atomic mass is 10.0. The van der Waals surface area contributed by atoms with Crippen molar-refractivity contribution < 1.29 is 9.90 Å². The van der Waals surface area contributed by atoms with E-state index in [9.17, 15) is 9.90 Å². The van der Waals surface area contributed by atoms with Crippen LogP contribution >= 0.6 is 11.3 Å². The number of aromatic nitrogens is 1. The minimum Gasteiger partial charge on any atom is -0.393 e. The summed E-state index contributed by atoms with van der Waals surface area (Å²) in [7, 11) is 0. The summed E-state index contributed by atoms with van der Waals surface area (Å²) >= 11 is 1.55. The maximum absolute atomic E-state index is 12.4. The van der Waals surface area contributed by atoms with Crippen molar-refractivity contribution in [1.82, 2.24) is 9.88 Å². The second kappa shape index (κ2) is 4.90. The van der Waals surface area contributed by atoms with Crippen molar-refractivity contribution in [3.8, 4) is 0 Å². The third-order valence-electron chi connectivity index (χ3n) is 3.77. The first-order valence-electron chi connectivity index (χ1n) is 6.46. The van der Waals surface area contributed by atoms with E-state index in [-0.39, 0.29) is 17.9 Å². The quantitative estimate of drug-likeness (QED) is 0.914. The van der Waals surface area contributed by atoms with Crippen LogP contribution < -0.4 is 0 Å². The van der Waals surface area contributed by atoms with Crippen molar-refractivity contribution in [3.63, 3.8) is 0 Å². The molecule has 2 aromatic rings. The molecule has 1 aromatic heterocycles. The molecule has 5 heteroatoms. The number of carbonyl (C=O) groups excluding carboxylic acids is 1. The summed E-state index contributed by atoms with van der Waals surface area (Å²) in [5.74, 6) is 0.259. The topological polar surface area (TPSA) is 53.4 Å². The van der Waals surface area contributed by atoms with Gasteiger partial charge >= 0.3 is 0 Å². The second-order valence-electron chi connectivity index (χ2n) is 5.08. The smallest absolute Gasteiger partial charge is 0.253 e. The Balaban J connectivity index is 1.80. The molecule has 19 heavy (non-hydrogen) atoms. The van der Waals surface area contributed by atoms with Crippen molar-refractivity contribution in [3.05, 3.63) is 29.3 Å². The van der Waals surface area contributed by atoms with Crippen LogP contribution in [0.4, 0.5) is 0 Å². The van der Waals surface area contributed by atoms with Crippen molar-refractivity contribution in [2.75, 3.05) is 13.1 Å². The minimum atomic E-state index is -0.346. The molecule has 1 fully saturated rings. The van der Waals surface area contributed by atoms with Crippen molar-refractivity contribution in [1.29, 1.82) is 0 Å². The van der Waals surface area contributed by atoms with Gasteiger partial charge < -0.3 is 10.0 Å². The molecule has 1 saturated heterocycles. The molecule has 0 spiro atoms. The summed E-state index contributed by atoms with van der Waals surface area (Å²) < 4.78 is 1.04. The van der Waals surface area contributed by atoms with Gasteiger partial charge in [0.05, 0.1) is 21.8 Å². The predicted octanol–water partition coefficient (Wildman–Crippen LogP) is 2.14. The summed E-state index contributed by atoms with van der Waals surface area (Å²) in [5, 5.41) is 9.59. The number of hydrogen-bond donors (Lipinski definition) is 1. The molecule has 2 atom stereocenters. The van der Waals surface area contributed by atoms with Gasteiger partial charge in [0.1, 0.15) is 0 Å². The fourth-order valence-corrected chi connectivity index (χ4v) is 3.25. The van der Waals surface area contributed by atoms with Crippen LogP contribution in [-0.2, 0) is 0 Å². The lowest BCUT2D eigenvalue weighted by molar-refractivity contribution is 0.0762. The number of carbonyl (C=O) groups is 1. The molecule has 1 aromatic carbocycles. The maximum Gasteiger partial charge on any atom is 0.253 e. The van der Waals surface area contributed by atoms with E-state index in [1.807, 2.05) is 23.1 Å². The summed E-state index contributed by atoms with van der Waals surface area (Å²) in [6.45, 7) is 3.17. The van der Waals surface area contributed by atoms with Crippen LogP contribution in [0.3, 0.4) is 0 Å². The molecule has 0 saturated carbocycles. The average molecular weight is 276 g/mol. The number of likely N-dealkylation sites (tertiary alicyclic amines) is 1. The lowest BCUT2D eigenvalue weighted by Crippen LogP contribution is -2.30. The Morgan fingerprint density at radius 1 is 1.58 bits per heavy atom. The number of thiazole rings is 1. The molecule has 3 rings (SSSR count). The SMILES string of the molecule is CC(O)C1CCN(C(=O)c2ccc3ncsc3c2)C1. The van der Waals surface area contributed by atoms with Gasteiger partial charge in [-0.3, -0.25) is 4.79 Å². The number of aliphatic hydroxyl groups excluding tert-OH is 1. The van der Waals surface area contributed by atoms with Crippen LogP contribution in [0, 0.1) is 5.92 Å². The van der Waals surface area contributed by atoms with Crippen molar-refractivity contribution >= 4 is 27.5 Å². The highest BCUT2D eigenvalue weighted by Gasteiger charge is 2.29. The number of benzene rings is 1. The molecule has 4 nitrogen and oxygen atoms in total. The van der Waals surface area contributed by atoms with E-state index < -0.39 is 0 Å². The fraction of sp³-hybridized carbons (Fsp3) is 0.429. The number of fused-ring (bicyclic) bond motifs is 1. The van der Waals surface area contributed by atoms with Gasteiger partial charge in [-0.2, -0.15) is 0 Å². The van der Waals surface area contributed by atoms with Gasteiger partial charge in [-0.15, -0.1) is 11.3 Å². The van der Waals surface area contributed by atoms with Crippen molar-refractivity contribution in [2.45, 2.75) is 19.4 Å². The Hall–Kier alpha value is -1.46. The zero-order valence-corrected chi connectivity index (χ0v) is 11.6. The van der Waals surface area contributed by atoms with E-state index in [1.165, 1.54) is 0 Å². The molecule has 0 bridgehead atoms. The highest BCUT2D eigenvalue weighted by Crippen LogP contribution is 2.24. The van der Waals surface area contributed by atoms with Gasteiger partial charge in [-0.05, 0) is 31.5 Å². The van der Waals surface area contributed by atoms with Gasteiger partial charge in [0.25, 0.3) is 5.91 Å². The van der Waals surface area contributed by atoms with Crippen LogP contribution in [0.5, 0.6) is 0 Å². The summed E-state index contributed by atoms with van der Waals surface area (Å²) in [6.07, 6.45) is 0.536. The molecule has 1 amide bonds. The predicted molar refractivity (Wildman–Crippen MR) is 75.3 cm³/mol. The van der Waals surface area contributed by atoms with Crippen LogP contribution in [0.2, 0.25) is 0 Å². The largest absolute Gasteiger partial charge is 0.393 e. The molecule has 2 unspecified atom stereocenters. The van der Waals surface area contributed by atoms with E-state index in [2.05, 4.69) is 4.98 Å². The van der Waals surface area contributed by atoms with Crippen LogP contribution in [0.1, 0.15) is 23.7 Å². The third kappa shape index (κ3) is 2.35. The number of amides is 1. The molecule has 0 aliphatic carbocycles. The number of nitrogens with zero attached hydrogens (tertiary/aromatic N) is 2. The molecule has 100 valence electrons. The molecular formula is C14H16N2O2S. The molecule has 2 heterocycles. The van der Waals surface area contributed by atoms with Gasteiger partial charge in [0, 0.05) is 24.6 Å². The van der Waals surface area contributed by atoms with E-state index in [1.54, 1.807) is 23.8 Å². The van der Waals surface area contributed by atoms with Crippen LogP contribution in [0.25, 0.3) is 10.2 Å². The molecule has 0 radical (unpaired) electrons. The Morgan fingerprint density at radius 3 is 3.16 bits per heavy atom. The fourth-order valence-electron chi connectivity index (χ4n) is 2.54. The highest BCUT2D eigenvalue weighted by atomic mass is 32.1. The minimum absolute atomic E-state index is 0.0541. The van der Waals surface area contributed by atoms with Gasteiger partial charge in [-0.1, -0.05) is 0 Å². The lowest BCUT2D eigenvalue weighted by Gasteiger charge is -2.17. The molecule has 1 N–H and O–H groups in total. The number of hydrogen-bond acceptors (Lipinski definition) is 4. The number of aliphatic hydroxyl groups is 1. The second-order valence-corrected chi connectivity index (χ2v) is 5.96. The zero-order chi connectivity index (χ0) is 13.4. The first-order chi connectivity index (χ1) is 9.15. The molecular weight excluding hydrogens is 260 g/mol. The van der Waals surface area contributed by atoms with E-state index in [0.29, 0.717) is 12.1 Å². The van der Waals surface area contributed by atoms with E-state index in [0.717, 1.165) is 23.2 Å². The average Bonchev–Trinajstić information content (AvgIpc) is 3.06. The zero-order valence-electron chi connectivity index (χ0n) is 10.7. The van der Waals surface area contributed by atoms with Gasteiger partial charge in [-0.25, -0.2) is 4.98 Å². The van der Waals surface area contributed by atoms with Crippen LogP contribution in [-0.4, -0.2) is 40.1 Å². The van der Waals surface area contributed by atoms with Gasteiger partial charge in [0.2, 0.25) is 0 Å². The normalized spacial score (nSPS) is 20.9. The first kappa shape index (κ1) is 12.6. The summed E-state index contributed by atoms with van der Waals surface area (Å²) in [5.41, 5.74) is 3.44. The molecule has 1 aliphatic heterocycles. The van der Waals surface area contributed by atoms with Gasteiger partial charge in [0.15, 0.2) is 0 Å². The molecule has 1 aliphatic rings. The third-order valence-corrected chi connectivity index (χ3v) is 4.56. The maximum atomic E-state index is 12.4.